The average Bonchev–Trinajstić information content (AvgIpc) is 3.51. The first-order chi connectivity index (χ1) is 14.2. The first-order valence-electron chi connectivity index (χ1n) is 10.8. The lowest BCUT2D eigenvalue weighted by atomic mass is 10.0. The van der Waals surface area contributed by atoms with Crippen molar-refractivity contribution in [3.8, 4) is 0 Å². The van der Waals surface area contributed by atoms with Crippen molar-refractivity contribution in [2.24, 2.45) is 4.99 Å². The Morgan fingerprint density at radius 3 is 2.45 bits per heavy atom. The Hall–Kier alpha value is -2.40. The number of hydrogen-bond donors (Lipinski definition) is 2. The molecule has 2 atom stereocenters. The Morgan fingerprint density at radius 2 is 1.76 bits per heavy atom. The molecule has 1 saturated heterocycles. The molecule has 1 aliphatic carbocycles. The van der Waals surface area contributed by atoms with E-state index >= 15 is 0 Å². The van der Waals surface area contributed by atoms with Crippen LogP contribution in [0.25, 0.3) is 0 Å². The molecule has 2 unspecified atom stereocenters. The van der Waals surface area contributed by atoms with E-state index in [0.717, 1.165) is 45.0 Å². The molecule has 2 aromatic carbocycles. The number of likely N-dealkylation sites (tertiary alicyclic amines) is 1. The van der Waals surface area contributed by atoms with Gasteiger partial charge < -0.3 is 10.6 Å². The smallest absolute Gasteiger partial charge is 0.191 e. The first kappa shape index (κ1) is 19.9. The molecule has 2 fully saturated rings. The van der Waals surface area contributed by atoms with Crippen molar-refractivity contribution in [2.75, 3.05) is 19.6 Å². The Labute approximate surface area is 173 Å². The van der Waals surface area contributed by atoms with Crippen molar-refractivity contribution < 1.29 is 4.39 Å². The molecule has 1 saturated carbocycles. The van der Waals surface area contributed by atoms with Crippen LogP contribution in [0.2, 0.25) is 0 Å². The third-order valence-corrected chi connectivity index (χ3v) is 5.90. The van der Waals surface area contributed by atoms with Gasteiger partial charge in [-0.2, -0.15) is 0 Å². The van der Waals surface area contributed by atoms with E-state index in [1.165, 1.54) is 17.5 Å². The van der Waals surface area contributed by atoms with Crippen LogP contribution < -0.4 is 10.6 Å². The summed E-state index contributed by atoms with van der Waals surface area (Å²) in [6.45, 7) is 5.84. The lowest BCUT2D eigenvalue weighted by Gasteiger charge is -2.33. The molecule has 0 bridgehead atoms. The van der Waals surface area contributed by atoms with E-state index < -0.39 is 0 Å². The highest BCUT2D eigenvalue weighted by molar-refractivity contribution is 5.81. The quantitative estimate of drug-likeness (QED) is 0.577. The number of hydrogen-bond acceptors (Lipinski definition) is 2. The Balaban J connectivity index is 1.24. The van der Waals surface area contributed by atoms with Gasteiger partial charge in [0.05, 0.1) is 0 Å². The summed E-state index contributed by atoms with van der Waals surface area (Å²) in [5.41, 5.74) is 2.59. The van der Waals surface area contributed by atoms with Crippen LogP contribution in [-0.2, 0) is 6.54 Å². The molecule has 5 heteroatoms. The lowest BCUT2D eigenvalue weighted by Crippen LogP contribution is -2.49. The van der Waals surface area contributed by atoms with Gasteiger partial charge in [-0.25, -0.2) is 4.39 Å². The molecule has 4 nitrogen and oxygen atoms in total. The van der Waals surface area contributed by atoms with Crippen LogP contribution >= 0.6 is 0 Å². The minimum atomic E-state index is -0.169. The third kappa shape index (κ3) is 5.57. The van der Waals surface area contributed by atoms with Crippen molar-refractivity contribution in [2.45, 2.75) is 50.7 Å². The van der Waals surface area contributed by atoms with Crippen LogP contribution in [0.5, 0.6) is 0 Å². The molecule has 4 rings (SSSR count). The molecule has 2 aromatic rings. The summed E-state index contributed by atoms with van der Waals surface area (Å²) in [6.07, 6.45) is 3.36. The van der Waals surface area contributed by atoms with Gasteiger partial charge in [0.2, 0.25) is 0 Å². The summed E-state index contributed by atoms with van der Waals surface area (Å²) in [7, 11) is 0. The van der Waals surface area contributed by atoms with Crippen molar-refractivity contribution >= 4 is 5.96 Å². The van der Waals surface area contributed by atoms with Crippen molar-refractivity contribution in [3.63, 3.8) is 0 Å². The zero-order valence-electron chi connectivity index (χ0n) is 17.2. The highest BCUT2D eigenvalue weighted by atomic mass is 19.1. The number of nitrogens with one attached hydrogen (secondary N) is 2. The standard InChI is InChI=1S/C24H31FN4/c1-2-26-24(28-23-16-22(23)19-6-4-3-5-7-19)27-21-12-14-29(15-13-21)17-18-8-10-20(25)11-9-18/h3-11,21-23H,2,12-17H2,1H3,(H2,26,27,28). The van der Waals surface area contributed by atoms with E-state index in [2.05, 4.69) is 57.8 Å². The van der Waals surface area contributed by atoms with Gasteiger partial charge in [-0.1, -0.05) is 42.5 Å². The Morgan fingerprint density at radius 1 is 1.03 bits per heavy atom. The van der Waals surface area contributed by atoms with Crippen LogP contribution in [0.15, 0.2) is 59.6 Å². The van der Waals surface area contributed by atoms with Crippen LogP contribution in [0.1, 0.15) is 43.2 Å². The van der Waals surface area contributed by atoms with Crippen LogP contribution in [-0.4, -0.2) is 42.6 Å². The summed E-state index contributed by atoms with van der Waals surface area (Å²) < 4.78 is 13.1. The lowest BCUT2D eigenvalue weighted by molar-refractivity contribution is 0.198. The predicted molar refractivity (Wildman–Crippen MR) is 117 cm³/mol. The highest BCUT2D eigenvalue weighted by Crippen LogP contribution is 2.40. The van der Waals surface area contributed by atoms with Gasteiger partial charge in [-0.05, 0) is 49.4 Å². The van der Waals surface area contributed by atoms with Crippen LogP contribution in [0.3, 0.4) is 0 Å². The monoisotopic (exact) mass is 394 g/mol. The topological polar surface area (TPSA) is 39.7 Å². The number of guanidine groups is 1. The largest absolute Gasteiger partial charge is 0.354 e. The minimum absolute atomic E-state index is 0.169. The summed E-state index contributed by atoms with van der Waals surface area (Å²) in [6, 6.07) is 18.5. The minimum Gasteiger partial charge on any atom is -0.354 e. The summed E-state index contributed by atoms with van der Waals surface area (Å²) in [5, 5.41) is 7.29. The van der Waals surface area contributed by atoms with Gasteiger partial charge in [-0.3, -0.25) is 9.89 Å². The second-order valence-corrected chi connectivity index (χ2v) is 8.15. The van der Waals surface area contributed by atoms with Gasteiger partial charge in [0.15, 0.2) is 5.96 Å². The molecular formula is C24H31FN4. The molecule has 0 amide bonds. The summed E-state index contributed by atoms with van der Waals surface area (Å²) in [4.78, 5) is 7.11. The maximum absolute atomic E-state index is 13.1. The van der Waals surface area contributed by atoms with E-state index in [-0.39, 0.29) is 5.82 Å². The SMILES string of the molecule is CCN=C(NC1CCN(Cc2ccc(F)cc2)CC1)NC1CC1c1ccccc1. The van der Waals surface area contributed by atoms with Crippen molar-refractivity contribution in [3.05, 3.63) is 71.5 Å². The fourth-order valence-corrected chi connectivity index (χ4v) is 4.17. The number of benzene rings is 2. The maximum Gasteiger partial charge on any atom is 0.191 e. The summed E-state index contributed by atoms with van der Waals surface area (Å²) in [5.74, 6) is 1.38. The number of aliphatic imine (C=N–C) groups is 1. The van der Waals surface area contributed by atoms with Gasteiger partial charge >= 0.3 is 0 Å². The van der Waals surface area contributed by atoms with E-state index in [0.29, 0.717) is 18.0 Å². The maximum atomic E-state index is 13.1. The molecule has 0 spiro atoms. The van der Waals surface area contributed by atoms with Crippen LogP contribution in [0.4, 0.5) is 4.39 Å². The average molecular weight is 395 g/mol. The fourth-order valence-electron chi connectivity index (χ4n) is 4.17. The predicted octanol–water partition coefficient (Wildman–Crippen LogP) is 3.90. The summed E-state index contributed by atoms with van der Waals surface area (Å²) >= 11 is 0. The van der Waals surface area contributed by atoms with Crippen molar-refractivity contribution in [1.82, 2.24) is 15.5 Å². The second kappa shape index (κ2) is 9.40. The molecule has 1 aliphatic heterocycles. The molecule has 0 radical (unpaired) electrons. The molecule has 29 heavy (non-hydrogen) atoms. The number of halogens is 1. The van der Waals surface area contributed by atoms with Crippen molar-refractivity contribution in [1.29, 1.82) is 0 Å². The molecule has 1 heterocycles. The third-order valence-electron chi connectivity index (χ3n) is 5.90. The fraction of sp³-hybridized carbons (Fsp3) is 0.458. The van der Waals surface area contributed by atoms with Gasteiger partial charge in [0, 0.05) is 44.2 Å². The van der Waals surface area contributed by atoms with E-state index in [1.807, 2.05) is 12.1 Å². The molecule has 2 aliphatic rings. The normalized spacial score (nSPS) is 23.0. The van der Waals surface area contributed by atoms with Crippen LogP contribution in [0, 0.1) is 5.82 Å². The van der Waals surface area contributed by atoms with E-state index in [9.17, 15) is 4.39 Å². The number of rotatable bonds is 6. The number of nitrogens with zero attached hydrogens (tertiary/aromatic N) is 2. The van der Waals surface area contributed by atoms with E-state index in [4.69, 9.17) is 0 Å². The zero-order valence-corrected chi connectivity index (χ0v) is 17.2. The first-order valence-corrected chi connectivity index (χ1v) is 10.8. The molecule has 2 N–H and O–H groups in total. The highest BCUT2D eigenvalue weighted by Gasteiger charge is 2.39. The van der Waals surface area contributed by atoms with E-state index in [1.54, 1.807) is 12.1 Å². The van der Waals surface area contributed by atoms with Gasteiger partial charge in [0.25, 0.3) is 0 Å². The Bertz CT molecular complexity index is 797. The van der Waals surface area contributed by atoms with Gasteiger partial charge in [0.1, 0.15) is 5.82 Å². The Kier molecular flexibility index (Phi) is 6.45. The second-order valence-electron chi connectivity index (χ2n) is 8.15. The van der Waals surface area contributed by atoms with Gasteiger partial charge in [-0.15, -0.1) is 0 Å². The molecule has 0 aromatic heterocycles. The molecule has 154 valence electrons. The number of piperidine rings is 1. The zero-order chi connectivity index (χ0) is 20.1. The molecular weight excluding hydrogens is 363 g/mol.